The molecule has 0 unspecified atom stereocenters. The Hall–Kier alpha value is -2.33. The highest BCUT2D eigenvalue weighted by Gasteiger charge is 2.39. The summed E-state index contributed by atoms with van der Waals surface area (Å²) in [6.45, 7) is 3.66. The molecule has 1 aliphatic rings. The van der Waals surface area contributed by atoms with E-state index >= 15 is 0 Å². The van der Waals surface area contributed by atoms with Crippen LogP contribution in [0.2, 0.25) is 15.1 Å². The molecule has 0 aromatic heterocycles. The van der Waals surface area contributed by atoms with Gasteiger partial charge in [0.15, 0.2) is 0 Å². The van der Waals surface area contributed by atoms with Crippen molar-refractivity contribution in [3.8, 4) is 0 Å². The lowest BCUT2D eigenvalue weighted by Crippen LogP contribution is -2.47. The third-order valence-corrected chi connectivity index (χ3v) is 9.16. The lowest BCUT2D eigenvalue weighted by atomic mass is 9.67. The quantitative estimate of drug-likeness (QED) is 0.218. The maximum absolute atomic E-state index is 6.37. The first-order valence-electron chi connectivity index (χ1n) is 13.2. The van der Waals surface area contributed by atoms with E-state index in [1.54, 1.807) is 0 Å². The molecule has 2 N–H and O–H groups in total. The Balaban J connectivity index is 1.48. The summed E-state index contributed by atoms with van der Waals surface area (Å²) in [4.78, 5) is 2.59. The second-order valence-corrected chi connectivity index (χ2v) is 11.7. The molecule has 0 bridgehead atoms. The molecule has 0 atom stereocenters. The zero-order valence-corrected chi connectivity index (χ0v) is 23.7. The third kappa shape index (κ3) is 5.52. The van der Waals surface area contributed by atoms with Crippen LogP contribution in [0, 0.1) is 0 Å². The van der Waals surface area contributed by atoms with Gasteiger partial charge in [0.1, 0.15) is 0 Å². The van der Waals surface area contributed by atoms with Gasteiger partial charge in [0, 0.05) is 32.4 Å². The fraction of sp³-hybridized carbons (Fsp3) is 0.273. The van der Waals surface area contributed by atoms with Crippen molar-refractivity contribution in [3.63, 3.8) is 0 Å². The van der Waals surface area contributed by atoms with Crippen LogP contribution >= 0.6 is 34.8 Å². The zero-order valence-electron chi connectivity index (χ0n) is 21.4. The fourth-order valence-electron chi connectivity index (χ4n) is 6.07. The number of hydrogen-bond donors (Lipinski definition) is 1. The largest absolute Gasteiger partial charge is 0.330 e. The summed E-state index contributed by atoms with van der Waals surface area (Å²) in [5.41, 5.74) is 11.0. The van der Waals surface area contributed by atoms with Crippen LogP contribution in [0.15, 0.2) is 103 Å². The molecule has 1 heterocycles. The van der Waals surface area contributed by atoms with Crippen LogP contribution in [0.5, 0.6) is 0 Å². The number of halogens is 3. The van der Waals surface area contributed by atoms with E-state index in [1.165, 1.54) is 22.3 Å². The zero-order chi connectivity index (χ0) is 26.6. The maximum atomic E-state index is 6.37. The van der Waals surface area contributed by atoms with Crippen LogP contribution in [0.4, 0.5) is 0 Å². The Morgan fingerprint density at radius 3 is 1.45 bits per heavy atom. The van der Waals surface area contributed by atoms with Crippen molar-refractivity contribution >= 4 is 34.8 Å². The first-order valence-corrected chi connectivity index (χ1v) is 14.3. The maximum Gasteiger partial charge on any atom is 0.0463 e. The first-order chi connectivity index (χ1) is 18.4. The number of likely N-dealkylation sites (tertiary alicyclic amines) is 1. The Bertz CT molecular complexity index is 1200. The van der Waals surface area contributed by atoms with Crippen molar-refractivity contribution in [2.75, 3.05) is 26.2 Å². The lowest BCUT2D eigenvalue weighted by molar-refractivity contribution is 0.155. The Morgan fingerprint density at radius 2 is 1.05 bits per heavy atom. The molecule has 0 aliphatic carbocycles. The number of benzene rings is 4. The van der Waals surface area contributed by atoms with E-state index in [1.807, 2.05) is 36.4 Å². The van der Waals surface area contributed by atoms with E-state index in [2.05, 4.69) is 71.6 Å². The van der Waals surface area contributed by atoms with Gasteiger partial charge in [-0.05, 0) is 97.5 Å². The standard InChI is InChI=1S/C33H33Cl3N2/c34-29-12-6-26(7-13-29)33(27-8-14-30(35)15-9-27,28-10-16-31(36)17-11-28)20-23-38-21-18-32(24-37,19-22-38)25-4-2-1-3-5-25/h1-17H,18-24,37H2. The molecule has 2 nitrogen and oxygen atoms in total. The molecule has 196 valence electrons. The van der Waals surface area contributed by atoms with E-state index in [9.17, 15) is 0 Å². The van der Waals surface area contributed by atoms with Crippen molar-refractivity contribution < 1.29 is 0 Å². The van der Waals surface area contributed by atoms with Crippen LogP contribution < -0.4 is 5.73 Å². The molecule has 0 saturated carbocycles. The molecular formula is C33H33Cl3N2. The summed E-state index contributed by atoms with van der Waals surface area (Å²) in [6.07, 6.45) is 3.02. The third-order valence-electron chi connectivity index (χ3n) is 8.40. The molecule has 38 heavy (non-hydrogen) atoms. The summed E-state index contributed by atoms with van der Waals surface area (Å²) >= 11 is 19.0. The van der Waals surface area contributed by atoms with Gasteiger partial charge < -0.3 is 10.6 Å². The number of piperidine rings is 1. The average molecular weight is 564 g/mol. The van der Waals surface area contributed by atoms with Gasteiger partial charge in [-0.15, -0.1) is 0 Å². The molecule has 0 radical (unpaired) electrons. The molecule has 4 aromatic rings. The highest BCUT2D eigenvalue weighted by atomic mass is 35.5. The van der Waals surface area contributed by atoms with Crippen molar-refractivity contribution in [1.82, 2.24) is 4.90 Å². The van der Waals surface area contributed by atoms with Crippen molar-refractivity contribution in [3.05, 3.63) is 140 Å². The van der Waals surface area contributed by atoms with Crippen LogP contribution in [0.3, 0.4) is 0 Å². The van der Waals surface area contributed by atoms with Crippen molar-refractivity contribution in [2.24, 2.45) is 5.73 Å². The SMILES string of the molecule is NCC1(c2ccccc2)CCN(CCC(c2ccc(Cl)cc2)(c2ccc(Cl)cc2)c2ccc(Cl)cc2)CC1. The average Bonchev–Trinajstić information content (AvgIpc) is 2.96. The van der Waals surface area contributed by atoms with E-state index in [0.717, 1.165) is 54.0 Å². The van der Waals surface area contributed by atoms with Gasteiger partial charge in [-0.3, -0.25) is 0 Å². The summed E-state index contributed by atoms with van der Waals surface area (Å²) in [6, 6.07) is 35.6. The second-order valence-electron chi connectivity index (χ2n) is 10.4. The number of nitrogens with zero attached hydrogens (tertiary/aromatic N) is 1. The monoisotopic (exact) mass is 562 g/mol. The van der Waals surface area contributed by atoms with Crippen molar-refractivity contribution in [1.29, 1.82) is 0 Å². The summed E-state index contributed by atoms with van der Waals surface area (Å²) < 4.78 is 0. The normalized spacial score (nSPS) is 15.9. The molecule has 0 spiro atoms. The molecule has 1 saturated heterocycles. The van der Waals surface area contributed by atoms with Gasteiger partial charge in [0.2, 0.25) is 0 Å². The summed E-state index contributed by atoms with van der Waals surface area (Å²) in [5, 5.41) is 2.18. The fourth-order valence-corrected chi connectivity index (χ4v) is 6.45. The highest BCUT2D eigenvalue weighted by molar-refractivity contribution is 6.31. The van der Waals surface area contributed by atoms with Crippen LogP contribution in [0.1, 0.15) is 41.5 Å². The minimum atomic E-state index is -0.387. The molecule has 0 amide bonds. The molecule has 1 aliphatic heterocycles. The van der Waals surface area contributed by atoms with Gasteiger partial charge in [-0.2, -0.15) is 0 Å². The molecule has 5 rings (SSSR count). The lowest BCUT2D eigenvalue weighted by Gasteiger charge is -2.43. The van der Waals surface area contributed by atoms with E-state index in [4.69, 9.17) is 40.5 Å². The second kappa shape index (κ2) is 11.8. The predicted octanol–water partition coefficient (Wildman–Crippen LogP) is 8.36. The van der Waals surface area contributed by atoms with Crippen LogP contribution in [0.25, 0.3) is 0 Å². The minimum absolute atomic E-state index is 0.0530. The van der Waals surface area contributed by atoms with E-state index < -0.39 is 0 Å². The number of hydrogen-bond acceptors (Lipinski definition) is 2. The van der Waals surface area contributed by atoms with Crippen molar-refractivity contribution in [2.45, 2.75) is 30.1 Å². The number of rotatable bonds is 8. The van der Waals surface area contributed by atoms with E-state index in [-0.39, 0.29) is 10.8 Å². The highest BCUT2D eigenvalue weighted by Crippen LogP contribution is 2.44. The molecule has 1 fully saturated rings. The predicted molar refractivity (Wildman–Crippen MR) is 162 cm³/mol. The smallest absolute Gasteiger partial charge is 0.0463 e. The van der Waals surface area contributed by atoms with E-state index in [0.29, 0.717) is 6.54 Å². The summed E-state index contributed by atoms with van der Waals surface area (Å²) in [5.74, 6) is 0. The Labute approximate surface area is 241 Å². The molecule has 5 heteroatoms. The van der Waals surface area contributed by atoms with Gasteiger partial charge >= 0.3 is 0 Å². The number of nitrogens with two attached hydrogens (primary N) is 1. The van der Waals surface area contributed by atoms with Crippen LogP contribution in [-0.4, -0.2) is 31.1 Å². The Morgan fingerprint density at radius 1 is 0.632 bits per heavy atom. The van der Waals surface area contributed by atoms with Gasteiger partial charge in [-0.25, -0.2) is 0 Å². The van der Waals surface area contributed by atoms with Gasteiger partial charge in [0.25, 0.3) is 0 Å². The molecular weight excluding hydrogens is 531 g/mol. The first kappa shape index (κ1) is 27.2. The minimum Gasteiger partial charge on any atom is -0.330 e. The Kier molecular flexibility index (Phi) is 8.47. The topological polar surface area (TPSA) is 29.3 Å². The molecule has 4 aromatic carbocycles. The van der Waals surface area contributed by atoms with Gasteiger partial charge in [-0.1, -0.05) is 102 Å². The van der Waals surface area contributed by atoms with Crippen LogP contribution in [-0.2, 0) is 10.8 Å². The van der Waals surface area contributed by atoms with Gasteiger partial charge in [0.05, 0.1) is 0 Å². The summed E-state index contributed by atoms with van der Waals surface area (Å²) in [7, 11) is 0.